The van der Waals surface area contributed by atoms with Gasteiger partial charge in [-0.25, -0.2) is 0 Å². The Hall–Kier alpha value is -0.0200. The van der Waals surface area contributed by atoms with Crippen LogP contribution in [0.3, 0.4) is 0 Å². The number of halogens is 2. The van der Waals surface area contributed by atoms with E-state index < -0.39 is 0 Å². The third-order valence-corrected chi connectivity index (χ3v) is 5.46. The van der Waals surface area contributed by atoms with Crippen molar-refractivity contribution >= 4 is 31.9 Å². The minimum Gasteiger partial charge on any atom is -0.496 e. The molecule has 1 fully saturated rings. The second-order valence-corrected chi connectivity index (χ2v) is 6.76. The van der Waals surface area contributed by atoms with E-state index in [1.165, 1.54) is 24.8 Å². The van der Waals surface area contributed by atoms with Gasteiger partial charge in [-0.05, 0) is 36.5 Å². The normalized spacial score (nSPS) is 25.9. The summed E-state index contributed by atoms with van der Waals surface area (Å²) in [6.07, 6.45) is 4.01. The van der Waals surface area contributed by atoms with Gasteiger partial charge in [-0.15, -0.1) is 0 Å². The fourth-order valence-corrected chi connectivity index (χ4v) is 4.28. The number of methoxy groups -OCH3 is 1. The zero-order valence-corrected chi connectivity index (χ0v) is 13.4. The zero-order valence-electron chi connectivity index (χ0n) is 10.2. The predicted octanol–water partition coefficient (Wildman–Crippen LogP) is 5.33. The predicted molar refractivity (Wildman–Crippen MR) is 78.9 cm³/mol. The summed E-state index contributed by atoms with van der Waals surface area (Å²) < 4.78 is 6.58. The Bertz CT molecular complexity index is 392. The van der Waals surface area contributed by atoms with Crippen LogP contribution >= 0.6 is 31.9 Å². The van der Waals surface area contributed by atoms with Crippen molar-refractivity contribution in [2.24, 2.45) is 11.8 Å². The monoisotopic (exact) mass is 360 g/mol. The van der Waals surface area contributed by atoms with Crippen LogP contribution in [-0.4, -0.2) is 7.11 Å². The summed E-state index contributed by atoms with van der Waals surface area (Å²) in [5.41, 5.74) is 1.26. The molecule has 0 radical (unpaired) electrons. The van der Waals surface area contributed by atoms with Crippen molar-refractivity contribution in [1.29, 1.82) is 0 Å². The third-order valence-electron chi connectivity index (χ3n) is 3.79. The smallest absolute Gasteiger partial charge is 0.123 e. The Morgan fingerprint density at radius 3 is 2.71 bits per heavy atom. The number of benzene rings is 1. The Kier molecular flexibility index (Phi) is 4.53. The van der Waals surface area contributed by atoms with E-state index in [0.29, 0.717) is 4.83 Å². The molecule has 94 valence electrons. The molecule has 1 aliphatic carbocycles. The highest BCUT2D eigenvalue weighted by atomic mass is 79.9. The molecule has 1 aliphatic rings. The average Bonchev–Trinajstić information content (AvgIpc) is 2.74. The van der Waals surface area contributed by atoms with Gasteiger partial charge in [0.15, 0.2) is 0 Å². The molecule has 0 amide bonds. The highest BCUT2D eigenvalue weighted by Crippen LogP contribution is 2.47. The minimum absolute atomic E-state index is 0.396. The first kappa shape index (κ1) is 13.4. The Labute approximate surface area is 120 Å². The van der Waals surface area contributed by atoms with E-state index in [9.17, 15) is 0 Å². The van der Waals surface area contributed by atoms with Gasteiger partial charge in [0.05, 0.1) is 7.11 Å². The van der Waals surface area contributed by atoms with Crippen LogP contribution in [0.15, 0.2) is 22.7 Å². The molecule has 3 heteroatoms. The molecule has 0 N–H and O–H groups in total. The lowest BCUT2D eigenvalue weighted by Crippen LogP contribution is -2.11. The summed E-state index contributed by atoms with van der Waals surface area (Å²) in [5, 5.41) is 0. The molecule has 17 heavy (non-hydrogen) atoms. The van der Waals surface area contributed by atoms with Crippen molar-refractivity contribution in [2.45, 2.75) is 31.0 Å². The maximum atomic E-state index is 5.47. The van der Waals surface area contributed by atoms with Crippen LogP contribution in [0.25, 0.3) is 0 Å². The lowest BCUT2D eigenvalue weighted by molar-refractivity contribution is 0.384. The standard InChI is InChI=1S/C14H18Br2O/c1-9-4-3-5-11(9)14(16)12-8-10(15)6-7-13(12)17-2/h6-9,11,14H,3-5H2,1-2H3. The summed E-state index contributed by atoms with van der Waals surface area (Å²) in [4.78, 5) is 0.396. The number of alkyl halides is 1. The topological polar surface area (TPSA) is 9.23 Å². The third kappa shape index (κ3) is 2.87. The number of ether oxygens (including phenoxy) is 1. The van der Waals surface area contributed by atoms with E-state index in [1.807, 2.05) is 12.1 Å². The molecule has 0 saturated heterocycles. The average molecular weight is 362 g/mol. The van der Waals surface area contributed by atoms with Crippen molar-refractivity contribution in [3.8, 4) is 5.75 Å². The number of hydrogen-bond acceptors (Lipinski definition) is 1. The minimum atomic E-state index is 0.396. The van der Waals surface area contributed by atoms with E-state index >= 15 is 0 Å². The van der Waals surface area contributed by atoms with Crippen LogP contribution in [-0.2, 0) is 0 Å². The molecule has 0 aromatic heterocycles. The lowest BCUT2D eigenvalue weighted by Gasteiger charge is -2.24. The van der Waals surface area contributed by atoms with Gasteiger partial charge in [0.1, 0.15) is 5.75 Å². The Morgan fingerprint density at radius 1 is 1.35 bits per heavy atom. The van der Waals surface area contributed by atoms with Gasteiger partial charge in [-0.3, -0.25) is 0 Å². The number of hydrogen-bond donors (Lipinski definition) is 0. The van der Waals surface area contributed by atoms with Crippen LogP contribution in [0, 0.1) is 11.8 Å². The van der Waals surface area contributed by atoms with Gasteiger partial charge >= 0.3 is 0 Å². The summed E-state index contributed by atoms with van der Waals surface area (Å²) in [6.45, 7) is 2.36. The highest BCUT2D eigenvalue weighted by Gasteiger charge is 2.31. The molecule has 0 spiro atoms. The second-order valence-electron chi connectivity index (χ2n) is 4.86. The Balaban J connectivity index is 2.28. The molecule has 0 aliphatic heterocycles. The van der Waals surface area contributed by atoms with E-state index in [0.717, 1.165) is 22.1 Å². The second kappa shape index (κ2) is 5.75. The lowest BCUT2D eigenvalue weighted by atomic mass is 9.90. The molecule has 0 bridgehead atoms. The van der Waals surface area contributed by atoms with Crippen LogP contribution in [0.4, 0.5) is 0 Å². The zero-order chi connectivity index (χ0) is 12.4. The van der Waals surface area contributed by atoms with Gasteiger partial charge in [-0.1, -0.05) is 51.6 Å². The van der Waals surface area contributed by atoms with E-state index in [4.69, 9.17) is 4.74 Å². The van der Waals surface area contributed by atoms with E-state index in [1.54, 1.807) is 7.11 Å². The molecular formula is C14H18Br2O. The first-order valence-corrected chi connectivity index (χ1v) is 7.82. The van der Waals surface area contributed by atoms with Gasteiger partial charge in [0.2, 0.25) is 0 Å². The maximum absolute atomic E-state index is 5.47. The first-order valence-electron chi connectivity index (χ1n) is 6.11. The summed E-state index contributed by atoms with van der Waals surface area (Å²) in [6, 6.07) is 6.23. The molecule has 3 atom stereocenters. The molecule has 1 nitrogen and oxygen atoms in total. The van der Waals surface area contributed by atoms with Crippen molar-refractivity contribution in [3.05, 3.63) is 28.2 Å². The van der Waals surface area contributed by atoms with Crippen molar-refractivity contribution in [1.82, 2.24) is 0 Å². The van der Waals surface area contributed by atoms with Crippen LogP contribution in [0.2, 0.25) is 0 Å². The van der Waals surface area contributed by atoms with Crippen molar-refractivity contribution < 1.29 is 4.74 Å². The molecule has 1 saturated carbocycles. The first-order chi connectivity index (χ1) is 8.13. The van der Waals surface area contributed by atoms with Gasteiger partial charge in [0.25, 0.3) is 0 Å². The molecular weight excluding hydrogens is 344 g/mol. The quantitative estimate of drug-likeness (QED) is 0.661. The molecule has 1 aromatic rings. The van der Waals surface area contributed by atoms with Crippen molar-refractivity contribution in [3.63, 3.8) is 0 Å². The fourth-order valence-electron chi connectivity index (χ4n) is 2.76. The van der Waals surface area contributed by atoms with E-state index in [2.05, 4.69) is 44.8 Å². The SMILES string of the molecule is COc1ccc(Br)cc1C(Br)C1CCCC1C. The van der Waals surface area contributed by atoms with Crippen molar-refractivity contribution in [2.75, 3.05) is 7.11 Å². The van der Waals surface area contributed by atoms with Gasteiger partial charge in [-0.2, -0.15) is 0 Å². The number of rotatable bonds is 3. The van der Waals surface area contributed by atoms with Crippen LogP contribution < -0.4 is 4.74 Å². The molecule has 1 aromatic carbocycles. The summed E-state index contributed by atoms with van der Waals surface area (Å²) in [5.74, 6) is 2.50. The Morgan fingerprint density at radius 2 is 2.12 bits per heavy atom. The highest BCUT2D eigenvalue weighted by molar-refractivity contribution is 9.10. The molecule has 3 unspecified atom stereocenters. The molecule has 2 rings (SSSR count). The maximum Gasteiger partial charge on any atom is 0.123 e. The summed E-state index contributed by atoms with van der Waals surface area (Å²) >= 11 is 7.42. The van der Waals surface area contributed by atoms with Gasteiger partial charge in [0, 0.05) is 14.9 Å². The van der Waals surface area contributed by atoms with Crippen LogP contribution in [0.5, 0.6) is 5.75 Å². The van der Waals surface area contributed by atoms with E-state index in [-0.39, 0.29) is 0 Å². The van der Waals surface area contributed by atoms with Crippen LogP contribution in [0.1, 0.15) is 36.6 Å². The molecule has 0 heterocycles. The fraction of sp³-hybridized carbons (Fsp3) is 0.571. The van der Waals surface area contributed by atoms with Gasteiger partial charge < -0.3 is 4.74 Å². The summed E-state index contributed by atoms with van der Waals surface area (Å²) in [7, 11) is 1.74. The largest absolute Gasteiger partial charge is 0.496 e.